The van der Waals surface area contributed by atoms with E-state index in [1.807, 2.05) is 0 Å². The summed E-state index contributed by atoms with van der Waals surface area (Å²) in [6.07, 6.45) is 1.63. The summed E-state index contributed by atoms with van der Waals surface area (Å²) in [4.78, 5) is 2.37. The molecular weight excluding hydrogens is 460 g/mol. The molecular formula is C28H31BrN2O. The van der Waals surface area contributed by atoms with Gasteiger partial charge in [-0.25, -0.2) is 0 Å². The third-order valence-corrected chi connectivity index (χ3v) is 7.85. The normalized spacial score (nSPS) is 27.3. The van der Waals surface area contributed by atoms with Crippen molar-refractivity contribution in [2.75, 3.05) is 19.6 Å². The highest BCUT2D eigenvalue weighted by atomic mass is 79.9. The first-order valence-corrected chi connectivity index (χ1v) is 12.5. The second kappa shape index (κ2) is 9.88. The predicted octanol–water partition coefficient (Wildman–Crippen LogP) is 5.69. The molecule has 3 aromatic rings. The number of benzene rings is 3. The van der Waals surface area contributed by atoms with Crippen molar-refractivity contribution < 1.29 is 5.11 Å². The highest BCUT2D eigenvalue weighted by Crippen LogP contribution is 2.43. The van der Waals surface area contributed by atoms with E-state index in [2.05, 4.69) is 111 Å². The van der Waals surface area contributed by atoms with E-state index in [9.17, 15) is 5.11 Å². The Hall–Kier alpha value is -1.98. The van der Waals surface area contributed by atoms with Gasteiger partial charge in [0.1, 0.15) is 6.23 Å². The molecule has 32 heavy (non-hydrogen) atoms. The summed E-state index contributed by atoms with van der Waals surface area (Å²) in [7, 11) is 0. The van der Waals surface area contributed by atoms with Crippen LogP contribution in [0.5, 0.6) is 0 Å². The van der Waals surface area contributed by atoms with Crippen molar-refractivity contribution in [2.45, 2.75) is 36.9 Å². The van der Waals surface area contributed by atoms with E-state index >= 15 is 0 Å². The standard InChI is InChI=1S/C28H31BrN2O/c29-24-13-7-12-23(16-24)25-18-30-19-26(25)28(32)31-15-14-22(20-8-3-1-4-9-20)17-27(31)21-10-5-2-6-11-21/h1-13,16,22,25-28,30,32H,14-15,17-19H2/t22-,25-,26+,27+,28?/m0/s1. The summed E-state index contributed by atoms with van der Waals surface area (Å²) in [5.41, 5.74) is 4.01. The van der Waals surface area contributed by atoms with Gasteiger partial charge in [0.2, 0.25) is 0 Å². The average molecular weight is 491 g/mol. The Bertz CT molecular complexity index is 1010. The van der Waals surface area contributed by atoms with Crippen molar-refractivity contribution in [3.8, 4) is 0 Å². The number of likely N-dealkylation sites (tertiary alicyclic amines) is 1. The van der Waals surface area contributed by atoms with E-state index in [1.165, 1.54) is 16.7 Å². The summed E-state index contributed by atoms with van der Waals surface area (Å²) in [6, 6.07) is 30.4. The maximum absolute atomic E-state index is 11.7. The lowest BCUT2D eigenvalue weighted by atomic mass is 9.80. The quantitative estimate of drug-likeness (QED) is 0.481. The molecule has 1 unspecified atom stereocenters. The second-order valence-corrected chi connectivity index (χ2v) is 10.1. The van der Waals surface area contributed by atoms with Crippen molar-refractivity contribution in [1.82, 2.24) is 10.2 Å². The number of piperidine rings is 1. The van der Waals surface area contributed by atoms with Crippen LogP contribution in [0.1, 0.15) is 47.4 Å². The first-order chi connectivity index (χ1) is 15.7. The molecule has 0 aromatic heterocycles. The monoisotopic (exact) mass is 490 g/mol. The van der Waals surface area contributed by atoms with E-state index < -0.39 is 6.23 Å². The minimum atomic E-state index is -0.476. The third kappa shape index (κ3) is 4.55. The smallest absolute Gasteiger partial charge is 0.112 e. The summed E-state index contributed by atoms with van der Waals surface area (Å²) in [5.74, 6) is 1.00. The largest absolute Gasteiger partial charge is 0.378 e. The molecule has 2 saturated heterocycles. The van der Waals surface area contributed by atoms with Gasteiger partial charge in [-0.1, -0.05) is 88.7 Å². The van der Waals surface area contributed by atoms with E-state index in [4.69, 9.17) is 0 Å². The lowest BCUT2D eigenvalue weighted by Crippen LogP contribution is -2.48. The molecule has 4 heteroatoms. The predicted molar refractivity (Wildman–Crippen MR) is 134 cm³/mol. The molecule has 0 amide bonds. The first kappa shape index (κ1) is 21.8. The number of nitrogens with zero attached hydrogens (tertiary/aromatic N) is 1. The molecule has 0 saturated carbocycles. The van der Waals surface area contributed by atoms with Gasteiger partial charge in [0.15, 0.2) is 0 Å². The van der Waals surface area contributed by atoms with Crippen LogP contribution in [0.15, 0.2) is 89.4 Å². The number of halogens is 1. The molecule has 0 radical (unpaired) electrons. The molecule has 2 aliphatic heterocycles. The molecule has 166 valence electrons. The fraction of sp³-hybridized carbons (Fsp3) is 0.357. The molecule has 0 aliphatic carbocycles. The molecule has 2 N–H and O–H groups in total. The van der Waals surface area contributed by atoms with Gasteiger partial charge >= 0.3 is 0 Å². The second-order valence-electron chi connectivity index (χ2n) is 9.19. The van der Waals surface area contributed by atoms with E-state index in [0.29, 0.717) is 11.8 Å². The topological polar surface area (TPSA) is 35.5 Å². The Morgan fingerprint density at radius 3 is 2.25 bits per heavy atom. The van der Waals surface area contributed by atoms with Gasteiger partial charge in [-0.05, 0) is 47.6 Å². The molecule has 5 rings (SSSR count). The minimum absolute atomic E-state index is 0.170. The fourth-order valence-electron chi connectivity index (χ4n) is 5.69. The molecule has 0 bridgehead atoms. The number of aliphatic hydroxyl groups is 1. The summed E-state index contributed by atoms with van der Waals surface area (Å²) in [6.45, 7) is 2.66. The number of aliphatic hydroxyl groups excluding tert-OH is 1. The number of hydrogen-bond acceptors (Lipinski definition) is 3. The summed E-state index contributed by atoms with van der Waals surface area (Å²) in [5, 5.41) is 15.3. The van der Waals surface area contributed by atoms with Gasteiger partial charge in [0, 0.05) is 42.0 Å². The van der Waals surface area contributed by atoms with Gasteiger partial charge in [-0.2, -0.15) is 0 Å². The van der Waals surface area contributed by atoms with Crippen LogP contribution in [0, 0.1) is 5.92 Å². The van der Waals surface area contributed by atoms with Gasteiger partial charge in [-0.3, -0.25) is 4.90 Å². The van der Waals surface area contributed by atoms with E-state index in [1.54, 1.807) is 0 Å². The Labute approximate surface area is 199 Å². The van der Waals surface area contributed by atoms with Crippen LogP contribution >= 0.6 is 15.9 Å². The molecule has 2 heterocycles. The fourth-order valence-corrected chi connectivity index (χ4v) is 6.11. The highest BCUT2D eigenvalue weighted by Gasteiger charge is 2.41. The maximum Gasteiger partial charge on any atom is 0.112 e. The summed E-state index contributed by atoms with van der Waals surface area (Å²) >= 11 is 3.62. The van der Waals surface area contributed by atoms with E-state index in [0.717, 1.165) is 36.9 Å². The van der Waals surface area contributed by atoms with Gasteiger partial charge in [-0.15, -0.1) is 0 Å². The van der Waals surface area contributed by atoms with Crippen LogP contribution in [-0.4, -0.2) is 35.9 Å². The van der Waals surface area contributed by atoms with Crippen LogP contribution in [-0.2, 0) is 0 Å². The Morgan fingerprint density at radius 2 is 1.53 bits per heavy atom. The van der Waals surface area contributed by atoms with Crippen LogP contribution < -0.4 is 5.32 Å². The molecule has 3 aromatic carbocycles. The minimum Gasteiger partial charge on any atom is -0.378 e. The molecule has 2 fully saturated rings. The van der Waals surface area contributed by atoms with Crippen molar-refractivity contribution >= 4 is 15.9 Å². The molecule has 0 spiro atoms. The highest BCUT2D eigenvalue weighted by molar-refractivity contribution is 9.10. The van der Waals surface area contributed by atoms with Gasteiger partial charge < -0.3 is 10.4 Å². The van der Waals surface area contributed by atoms with Crippen molar-refractivity contribution in [3.05, 3.63) is 106 Å². The maximum atomic E-state index is 11.7. The Morgan fingerprint density at radius 1 is 0.844 bits per heavy atom. The van der Waals surface area contributed by atoms with Crippen LogP contribution in [0.25, 0.3) is 0 Å². The van der Waals surface area contributed by atoms with Crippen molar-refractivity contribution in [3.63, 3.8) is 0 Å². The van der Waals surface area contributed by atoms with Crippen molar-refractivity contribution in [2.24, 2.45) is 5.92 Å². The molecule has 3 nitrogen and oxygen atoms in total. The van der Waals surface area contributed by atoms with Crippen LogP contribution in [0.2, 0.25) is 0 Å². The number of nitrogens with one attached hydrogen (secondary N) is 1. The average Bonchev–Trinajstić information content (AvgIpc) is 3.34. The first-order valence-electron chi connectivity index (χ1n) is 11.7. The van der Waals surface area contributed by atoms with Crippen LogP contribution in [0.4, 0.5) is 0 Å². The van der Waals surface area contributed by atoms with Crippen molar-refractivity contribution in [1.29, 1.82) is 0 Å². The molecule has 2 aliphatic rings. The lowest BCUT2D eigenvalue weighted by molar-refractivity contribution is -0.0794. The zero-order chi connectivity index (χ0) is 21.9. The molecule has 5 atom stereocenters. The van der Waals surface area contributed by atoms with E-state index in [-0.39, 0.29) is 12.0 Å². The number of rotatable bonds is 5. The SMILES string of the molecule is OC([C@@H]1CNC[C@H]1c1cccc(Br)c1)N1CC[C@H](c2ccccc2)C[C@@H]1c1ccccc1. The van der Waals surface area contributed by atoms with Crippen LogP contribution in [0.3, 0.4) is 0 Å². The summed E-state index contributed by atoms with van der Waals surface area (Å²) < 4.78 is 1.10. The number of hydrogen-bond donors (Lipinski definition) is 2. The van der Waals surface area contributed by atoms with Gasteiger partial charge in [0.25, 0.3) is 0 Å². The van der Waals surface area contributed by atoms with Gasteiger partial charge in [0.05, 0.1) is 0 Å². The zero-order valence-corrected chi connectivity index (χ0v) is 19.9. The zero-order valence-electron chi connectivity index (χ0n) is 18.3. The lowest BCUT2D eigenvalue weighted by Gasteiger charge is -2.45. The third-order valence-electron chi connectivity index (χ3n) is 7.36. The Kier molecular flexibility index (Phi) is 6.74. The Balaban J connectivity index is 1.41.